The van der Waals surface area contributed by atoms with E-state index in [9.17, 15) is 14.4 Å². The molecule has 0 fully saturated rings. The van der Waals surface area contributed by atoms with Crippen LogP contribution < -0.4 is 10.3 Å². The number of aromatic nitrogens is 1. The van der Waals surface area contributed by atoms with Gasteiger partial charge in [0.05, 0.1) is 13.7 Å². The SMILES string of the molecule is COC(=O)c1c(OCCCN(C)C)cc(=O)n2c1CCN(C(=O)c1ccc3ccccc3c1)CC2. The van der Waals surface area contributed by atoms with Gasteiger partial charge in [0, 0.05) is 49.9 Å². The molecule has 0 atom stereocenters. The van der Waals surface area contributed by atoms with E-state index in [1.54, 1.807) is 9.47 Å². The van der Waals surface area contributed by atoms with Crippen LogP contribution in [0.3, 0.4) is 0 Å². The predicted molar refractivity (Wildman–Crippen MR) is 134 cm³/mol. The average Bonchev–Trinajstić information content (AvgIpc) is 3.09. The summed E-state index contributed by atoms with van der Waals surface area (Å²) in [4.78, 5) is 42.8. The van der Waals surface area contributed by atoms with Gasteiger partial charge in [-0.15, -0.1) is 0 Å². The Morgan fingerprint density at radius 1 is 1.00 bits per heavy atom. The molecular weight excluding hydrogens is 446 g/mol. The summed E-state index contributed by atoms with van der Waals surface area (Å²) in [6.07, 6.45) is 1.09. The standard InChI is InChI=1S/C27H31N3O5/c1-28(2)12-6-16-35-23-18-24(31)30-15-14-29(13-11-22(30)25(23)27(33)34-3)26(32)21-10-9-19-7-4-5-8-20(19)17-21/h4-5,7-10,17-18H,6,11-16H2,1-3H3. The van der Waals surface area contributed by atoms with Crippen molar-refractivity contribution in [2.24, 2.45) is 0 Å². The molecule has 4 rings (SSSR count). The fourth-order valence-corrected chi connectivity index (χ4v) is 4.46. The maximum atomic E-state index is 13.3. The van der Waals surface area contributed by atoms with Gasteiger partial charge in [0.25, 0.3) is 11.5 Å². The number of methoxy groups -OCH3 is 1. The molecule has 3 aromatic rings. The zero-order chi connectivity index (χ0) is 24.9. The number of fused-ring (bicyclic) bond motifs is 2. The second kappa shape index (κ2) is 10.7. The summed E-state index contributed by atoms with van der Waals surface area (Å²) < 4.78 is 12.5. The Morgan fingerprint density at radius 2 is 1.77 bits per heavy atom. The summed E-state index contributed by atoms with van der Waals surface area (Å²) in [6.45, 7) is 2.22. The van der Waals surface area contributed by atoms with Crippen LogP contribution in [0.25, 0.3) is 10.8 Å². The van der Waals surface area contributed by atoms with Crippen LogP contribution in [0.4, 0.5) is 0 Å². The highest BCUT2D eigenvalue weighted by atomic mass is 16.5. The van der Waals surface area contributed by atoms with Crippen LogP contribution in [-0.4, -0.2) is 73.7 Å². The fourth-order valence-electron chi connectivity index (χ4n) is 4.46. The minimum absolute atomic E-state index is 0.101. The Kier molecular flexibility index (Phi) is 7.51. The normalized spacial score (nSPS) is 13.4. The Hall–Kier alpha value is -3.65. The van der Waals surface area contributed by atoms with Crippen LogP contribution in [0, 0.1) is 0 Å². The number of amides is 1. The first-order valence-electron chi connectivity index (χ1n) is 11.8. The Morgan fingerprint density at radius 3 is 2.51 bits per heavy atom. The van der Waals surface area contributed by atoms with Crippen molar-refractivity contribution < 1.29 is 19.1 Å². The van der Waals surface area contributed by atoms with Crippen LogP contribution in [-0.2, 0) is 17.7 Å². The zero-order valence-electron chi connectivity index (χ0n) is 20.5. The third-order valence-electron chi connectivity index (χ3n) is 6.27. The van der Waals surface area contributed by atoms with Gasteiger partial charge in [0.2, 0.25) is 0 Å². The molecule has 35 heavy (non-hydrogen) atoms. The summed E-state index contributed by atoms with van der Waals surface area (Å²) >= 11 is 0. The summed E-state index contributed by atoms with van der Waals surface area (Å²) in [5, 5.41) is 2.07. The third-order valence-corrected chi connectivity index (χ3v) is 6.27. The number of nitrogens with zero attached hydrogens (tertiary/aromatic N) is 3. The lowest BCUT2D eigenvalue weighted by Crippen LogP contribution is -2.34. The molecule has 0 saturated carbocycles. The second-order valence-electron chi connectivity index (χ2n) is 8.92. The largest absolute Gasteiger partial charge is 0.492 e. The third kappa shape index (κ3) is 5.38. The molecule has 2 aromatic carbocycles. The van der Waals surface area contributed by atoms with E-state index in [4.69, 9.17) is 9.47 Å². The van der Waals surface area contributed by atoms with Gasteiger partial charge in [-0.1, -0.05) is 30.3 Å². The molecule has 1 aromatic heterocycles. The molecule has 1 amide bonds. The van der Waals surface area contributed by atoms with Crippen LogP contribution >= 0.6 is 0 Å². The summed E-state index contributed by atoms with van der Waals surface area (Å²) in [5.74, 6) is -0.414. The molecular formula is C27H31N3O5. The zero-order valence-corrected chi connectivity index (χ0v) is 20.5. The van der Waals surface area contributed by atoms with Crippen LogP contribution in [0.5, 0.6) is 5.75 Å². The molecule has 8 nitrogen and oxygen atoms in total. The first kappa shape index (κ1) is 24.5. The van der Waals surface area contributed by atoms with Gasteiger partial charge in [-0.3, -0.25) is 9.59 Å². The number of benzene rings is 2. The molecule has 0 unspecified atom stereocenters. The lowest BCUT2D eigenvalue weighted by molar-refractivity contribution is 0.0593. The first-order chi connectivity index (χ1) is 16.9. The average molecular weight is 478 g/mol. The highest BCUT2D eigenvalue weighted by molar-refractivity contribution is 5.98. The Balaban J connectivity index is 1.59. The number of carbonyl (C=O) groups is 2. The van der Waals surface area contributed by atoms with Crippen molar-refractivity contribution in [3.8, 4) is 5.75 Å². The van der Waals surface area contributed by atoms with Gasteiger partial charge in [-0.05, 0) is 43.4 Å². The van der Waals surface area contributed by atoms with E-state index in [0.29, 0.717) is 43.9 Å². The summed E-state index contributed by atoms with van der Waals surface area (Å²) in [6, 6.07) is 14.9. The topological polar surface area (TPSA) is 81.1 Å². The van der Waals surface area contributed by atoms with E-state index in [1.165, 1.54) is 13.2 Å². The number of hydrogen-bond acceptors (Lipinski definition) is 6. The van der Waals surface area contributed by atoms with Crippen molar-refractivity contribution in [1.82, 2.24) is 14.4 Å². The molecule has 0 aliphatic carbocycles. The molecule has 2 heterocycles. The monoisotopic (exact) mass is 477 g/mol. The highest BCUT2D eigenvalue weighted by Crippen LogP contribution is 2.25. The number of pyridine rings is 1. The van der Waals surface area contributed by atoms with Crippen molar-refractivity contribution in [2.75, 3.05) is 47.4 Å². The number of carbonyl (C=O) groups excluding carboxylic acids is 2. The highest BCUT2D eigenvalue weighted by Gasteiger charge is 2.27. The van der Waals surface area contributed by atoms with E-state index >= 15 is 0 Å². The minimum Gasteiger partial charge on any atom is -0.492 e. The van der Waals surface area contributed by atoms with Crippen molar-refractivity contribution in [1.29, 1.82) is 0 Å². The van der Waals surface area contributed by atoms with Gasteiger partial charge in [0.15, 0.2) is 0 Å². The fraction of sp³-hybridized carbons (Fsp3) is 0.370. The van der Waals surface area contributed by atoms with E-state index in [1.807, 2.05) is 61.5 Å². The van der Waals surface area contributed by atoms with Crippen molar-refractivity contribution >= 4 is 22.6 Å². The molecule has 8 heteroatoms. The van der Waals surface area contributed by atoms with Crippen LogP contribution in [0.1, 0.15) is 32.8 Å². The summed E-state index contributed by atoms with van der Waals surface area (Å²) in [7, 11) is 5.26. The molecule has 184 valence electrons. The number of hydrogen-bond donors (Lipinski definition) is 0. The second-order valence-corrected chi connectivity index (χ2v) is 8.92. The molecule has 0 bridgehead atoms. The van der Waals surface area contributed by atoms with Gasteiger partial charge >= 0.3 is 5.97 Å². The number of ether oxygens (including phenoxy) is 2. The lowest BCUT2D eigenvalue weighted by atomic mass is 10.1. The van der Waals surface area contributed by atoms with Gasteiger partial charge in [0.1, 0.15) is 11.3 Å². The van der Waals surface area contributed by atoms with Gasteiger partial charge in [-0.2, -0.15) is 0 Å². The quantitative estimate of drug-likeness (QED) is 0.385. The number of rotatable bonds is 7. The minimum atomic E-state index is -0.550. The van der Waals surface area contributed by atoms with Crippen molar-refractivity contribution in [2.45, 2.75) is 19.4 Å². The van der Waals surface area contributed by atoms with E-state index in [-0.39, 0.29) is 22.8 Å². The van der Waals surface area contributed by atoms with Crippen LogP contribution in [0.15, 0.2) is 53.3 Å². The molecule has 1 aliphatic rings. The van der Waals surface area contributed by atoms with E-state index in [2.05, 4.69) is 0 Å². The first-order valence-corrected chi connectivity index (χ1v) is 11.8. The molecule has 0 N–H and O–H groups in total. The molecule has 0 radical (unpaired) electrons. The molecule has 1 aliphatic heterocycles. The Labute approximate surface area is 204 Å². The van der Waals surface area contributed by atoms with E-state index in [0.717, 1.165) is 23.7 Å². The maximum absolute atomic E-state index is 13.3. The molecule has 0 saturated heterocycles. The van der Waals surface area contributed by atoms with Crippen LogP contribution in [0.2, 0.25) is 0 Å². The van der Waals surface area contributed by atoms with Gasteiger partial charge < -0.3 is 23.8 Å². The smallest absolute Gasteiger partial charge is 0.343 e. The molecule has 0 spiro atoms. The number of esters is 1. The van der Waals surface area contributed by atoms with Crippen molar-refractivity contribution in [3.63, 3.8) is 0 Å². The van der Waals surface area contributed by atoms with Crippen molar-refractivity contribution in [3.05, 3.63) is 75.7 Å². The lowest BCUT2D eigenvalue weighted by Gasteiger charge is -2.20. The predicted octanol–water partition coefficient (Wildman–Crippen LogP) is 2.82. The Bertz CT molecular complexity index is 1300. The van der Waals surface area contributed by atoms with E-state index < -0.39 is 5.97 Å². The summed E-state index contributed by atoms with van der Waals surface area (Å²) in [5.41, 5.74) is 1.15. The maximum Gasteiger partial charge on any atom is 0.343 e. The van der Waals surface area contributed by atoms with Gasteiger partial charge in [-0.25, -0.2) is 4.79 Å².